The molecule has 37 heavy (non-hydrogen) atoms. The summed E-state index contributed by atoms with van der Waals surface area (Å²) in [6.07, 6.45) is -3.69. The van der Waals surface area contributed by atoms with Gasteiger partial charge in [-0.25, -0.2) is 9.18 Å². The van der Waals surface area contributed by atoms with Gasteiger partial charge >= 0.3 is 11.9 Å². The van der Waals surface area contributed by atoms with Gasteiger partial charge in [0.05, 0.1) is 42.0 Å². The zero-order valence-electron chi connectivity index (χ0n) is 19.1. The molecule has 4 heterocycles. The third kappa shape index (κ3) is 4.05. The number of nitrogens with zero attached hydrogens (tertiary/aromatic N) is 4. The zero-order valence-corrected chi connectivity index (χ0v) is 19.1. The Morgan fingerprint density at radius 3 is 2.78 bits per heavy atom. The van der Waals surface area contributed by atoms with Crippen molar-refractivity contribution in [2.75, 3.05) is 18.1 Å². The number of hydrogen-bond acceptors (Lipinski definition) is 7. The molecule has 1 aromatic heterocycles. The Labute approximate surface area is 207 Å². The predicted octanol–water partition coefficient (Wildman–Crippen LogP) is 4.01. The van der Waals surface area contributed by atoms with Crippen molar-refractivity contribution in [1.29, 1.82) is 5.26 Å². The number of halogens is 4. The SMILES string of the molecule is N#Cc1cc(Oc2ccc(COc3cc4n(c(=O)n3)C[C@]35CO[C@H](CN43)C5)cc2F)cc(C(F)(F)F)c1. The molecule has 2 atom stereocenters. The van der Waals surface area contributed by atoms with Crippen molar-refractivity contribution in [2.45, 2.75) is 37.4 Å². The molecule has 0 saturated carbocycles. The van der Waals surface area contributed by atoms with E-state index in [0.29, 0.717) is 43.2 Å². The lowest BCUT2D eigenvalue weighted by Crippen LogP contribution is -2.46. The second-order valence-corrected chi connectivity index (χ2v) is 9.30. The van der Waals surface area contributed by atoms with Gasteiger partial charge in [0.1, 0.15) is 18.2 Å². The lowest BCUT2D eigenvalue weighted by molar-refractivity contribution is -0.137. The van der Waals surface area contributed by atoms with Crippen LogP contribution in [0.5, 0.6) is 17.4 Å². The molecule has 12 heteroatoms. The maximum absolute atomic E-state index is 14.7. The third-order valence-electron chi connectivity index (χ3n) is 6.82. The number of anilines is 1. The van der Waals surface area contributed by atoms with E-state index in [1.54, 1.807) is 16.7 Å². The Hall–Kier alpha value is -4.11. The van der Waals surface area contributed by atoms with Crippen molar-refractivity contribution in [2.24, 2.45) is 0 Å². The van der Waals surface area contributed by atoms with Crippen LogP contribution in [0.3, 0.4) is 0 Å². The molecule has 2 aromatic carbocycles. The van der Waals surface area contributed by atoms with Gasteiger partial charge in [-0.05, 0) is 35.9 Å². The van der Waals surface area contributed by atoms with Gasteiger partial charge in [0.25, 0.3) is 0 Å². The molecule has 0 radical (unpaired) electrons. The number of rotatable bonds is 5. The van der Waals surface area contributed by atoms with E-state index in [-0.39, 0.29) is 41.2 Å². The maximum Gasteiger partial charge on any atom is 0.416 e. The zero-order chi connectivity index (χ0) is 25.9. The van der Waals surface area contributed by atoms with E-state index in [2.05, 4.69) is 9.88 Å². The highest BCUT2D eigenvalue weighted by Crippen LogP contribution is 2.46. The average molecular weight is 514 g/mol. The Balaban J connectivity index is 1.17. The molecule has 3 aliphatic rings. The number of benzene rings is 2. The number of fused-ring (bicyclic) bond motifs is 3. The highest BCUT2D eigenvalue weighted by atomic mass is 19.4. The van der Waals surface area contributed by atoms with Crippen LogP contribution in [-0.4, -0.2) is 34.3 Å². The molecule has 190 valence electrons. The van der Waals surface area contributed by atoms with Crippen LogP contribution in [0, 0.1) is 17.1 Å². The van der Waals surface area contributed by atoms with Crippen LogP contribution in [0.4, 0.5) is 23.4 Å². The summed E-state index contributed by atoms with van der Waals surface area (Å²) in [5, 5.41) is 9.01. The number of alkyl halides is 3. The number of morpholine rings is 1. The van der Waals surface area contributed by atoms with Crippen LogP contribution in [0.25, 0.3) is 0 Å². The summed E-state index contributed by atoms with van der Waals surface area (Å²) >= 11 is 0. The number of aromatic nitrogens is 2. The highest BCUT2D eigenvalue weighted by Gasteiger charge is 2.56. The second-order valence-electron chi connectivity index (χ2n) is 9.30. The molecule has 0 N–H and O–H groups in total. The van der Waals surface area contributed by atoms with Gasteiger partial charge in [-0.3, -0.25) is 4.57 Å². The number of hydrogen-bond donors (Lipinski definition) is 0. The van der Waals surface area contributed by atoms with Gasteiger partial charge in [-0.2, -0.15) is 23.4 Å². The Morgan fingerprint density at radius 2 is 2.05 bits per heavy atom. The third-order valence-corrected chi connectivity index (χ3v) is 6.82. The van der Waals surface area contributed by atoms with E-state index < -0.39 is 23.2 Å². The normalized spacial score (nSPS) is 21.5. The number of ether oxygens (including phenoxy) is 3. The van der Waals surface area contributed by atoms with Crippen molar-refractivity contribution in [3.05, 3.63) is 75.5 Å². The van der Waals surface area contributed by atoms with E-state index >= 15 is 0 Å². The Bertz CT molecular complexity index is 1520. The monoisotopic (exact) mass is 514 g/mol. The van der Waals surface area contributed by atoms with Gasteiger partial charge in [0.2, 0.25) is 5.88 Å². The summed E-state index contributed by atoms with van der Waals surface area (Å²) in [6.45, 7) is 1.66. The molecular formula is C25H18F4N4O4. The smallest absolute Gasteiger partial charge is 0.416 e. The predicted molar refractivity (Wildman–Crippen MR) is 120 cm³/mol. The quantitative estimate of drug-likeness (QED) is 0.476. The Morgan fingerprint density at radius 1 is 1.22 bits per heavy atom. The minimum atomic E-state index is -4.69. The van der Waals surface area contributed by atoms with Crippen molar-refractivity contribution >= 4 is 5.82 Å². The van der Waals surface area contributed by atoms with Crippen molar-refractivity contribution in [3.63, 3.8) is 0 Å². The van der Waals surface area contributed by atoms with Crippen LogP contribution in [-0.2, 0) is 24.1 Å². The molecule has 3 aromatic rings. The first-order chi connectivity index (χ1) is 17.6. The van der Waals surface area contributed by atoms with E-state index in [4.69, 9.17) is 19.5 Å². The van der Waals surface area contributed by atoms with Crippen LogP contribution in [0.2, 0.25) is 0 Å². The minimum Gasteiger partial charge on any atom is -0.473 e. The van der Waals surface area contributed by atoms with Crippen LogP contribution < -0.4 is 20.1 Å². The van der Waals surface area contributed by atoms with Gasteiger partial charge < -0.3 is 19.1 Å². The van der Waals surface area contributed by atoms with Crippen molar-refractivity contribution < 1.29 is 31.8 Å². The summed E-state index contributed by atoms with van der Waals surface area (Å²) in [7, 11) is 0. The summed E-state index contributed by atoms with van der Waals surface area (Å²) in [6, 6.07) is 9.62. The fraction of sp³-hybridized carbons (Fsp3) is 0.320. The average Bonchev–Trinajstić information content (AvgIpc) is 3.52. The largest absolute Gasteiger partial charge is 0.473 e. The minimum absolute atomic E-state index is 0.103. The molecule has 3 aliphatic heterocycles. The van der Waals surface area contributed by atoms with Gasteiger partial charge in [-0.15, -0.1) is 0 Å². The molecule has 2 saturated heterocycles. The first-order valence-electron chi connectivity index (χ1n) is 11.4. The Kier molecular flexibility index (Phi) is 5.17. The van der Waals surface area contributed by atoms with E-state index in [9.17, 15) is 22.4 Å². The summed E-state index contributed by atoms with van der Waals surface area (Å²) < 4.78 is 72.3. The number of nitriles is 1. The van der Waals surface area contributed by atoms with E-state index in [1.807, 2.05) is 0 Å². The summed E-state index contributed by atoms with van der Waals surface area (Å²) in [4.78, 5) is 18.7. The standard InChI is InChI=1S/C25H18F4N4O4/c26-19-5-14(1-2-20(19)37-17-4-15(9-30)3-16(6-17)25(27,28)29)11-35-21-7-22-32(23(34)31-21)12-24-8-18(36-13-24)10-33(22)24/h1-7,18H,8,10-13H2/t18-,24+/m0/s1. The lowest BCUT2D eigenvalue weighted by atomic mass is 10.0. The topological polar surface area (TPSA) is 89.6 Å². The highest BCUT2D eigenvalue weighted by molar-refractivity contribution is 5.53. The molecule has 0 amide bonds. The first kappa shape index (κ1) is 23.3. The maximum atomic E-state index is 14.7. The van der Waals surface area contributed by atoms with Crippen molar-refractivity contribution in [1.82, 2.24) is 9.55 Å². The first-order valence-corrected chi connectivity index (χ1v) is 11.4. The molecule has 0 aliphatic carbocycles. The lowest BCUT2D eigenvalue weighted by Gasteiger charge is -2.32. The van der Waals surface area contributed by atoms with Crippen LogP contribution >= 0.6 is 0 Å². The molecule has 2 fully saturated rings. The van der Waals surface area contributed by atoms with Crippen LogP contribution in [0.15, 0.2) is 47.3 Å². The molecule has 6 rings (SSSR count). The molecule has 0 unspecified atom stereocenters. The van der Waals surface area contributed by atoms with Gasteiger partial charge in [-0.1, -0.05) is 6.07 Å². The molecule has 1 spiro atoms. The van der Waals surface area contributed by atoms with Gasteiger partial charge in [0.15, 0.2) is 11.6 Å². The molecular weight excluding hydrogens is 496 g/mol. The van der Waals surface area contributed by atoms with E-state index in [1.165, 1.54) is 12.1 Å². The summed E-state index contributed by atoms with van der Waals surface area (Å²) in [5.74, 6) is -0.665. The fourth-order valence-corrected chi connectivity index (χ4v) is 5.15. The van der Waals surface area contributed by atoms with Gasteiger partial charge in [0, 0.05) is 19.0 Å². The van der Waals surface area contributed by atoms with Crippen LogP contribution in [0.1, 0.15) is 23.1 Å². The summed E-state index contributed by atoms with van der Waals surface area (Å²) in [5.41, 5.74) is -1.62. The fourth-order valence-electron chi connectivity index (χ4n) is 5.15. The van der Waals surface area contributed by atoms with E-state index in [0.717, 1.165) is 18.6 Å². The molecule has 8 nitrogen and oxygen atoms in total. The van der Waals surface area contributed by atoms with Crippen molar-refractivity contribution in [3.8, 4) is 23.4 Å². The molecule has 2 bridgehead atoms. The second kappa shape index (κ2) is 8.21.